The molecule has 1 heterocycles. The molecule has 0 spiro atoms. The molecular weight excluding hydrogens is 428 g/mol. The van der Waals surface area contributed by atoms with Crippen LogP contribution in [0.2, 0.25) is 0 Å². The van der Waals surface area contributed by atoms with Crippen molar-refractivity contribution >= 4 is 34.9 Å². The van der Waals surface area contributed by atoms with E-state index in [0.717, 1.165) is 11.3 Å². The van der Waals surface area contributed by atoms with Gasteiger partial charge >= 0.3 is 5.97 Å². The third-order valence-electron chi connectivity index (χ3n) is 6.54. The van der Waals surface area contributed by atoms with E-state index in [1.807, 2.05) is 12.2 Å². The van der Waals surface area contributed by atoms with Crippen molar-refractivity contribution in [3.63, 3.8) is 0 Å². The number of imide groups is 1. The van der Waals surface area contributed by atoms with Crippen molar-refractivity contribution in [3.8, 4) is 0 Å². The standard InChI is InChI=1S/C24H18N2O7/c27-19(13-6-8-17(9-7-13)26(31)32)12-33-24(30)16-2-1-3-18(11-16)25-22(28)20-14-4-5-15(10-14)21(20)23(25)29/h1-9,11,14-15,20-21H,10,12H2/t14-,15+,20-,21-/m0/s1. The van der Waals surface area contributed by atoms with Crippen LogP contribution in [-0.2, 0) is 14.3 Å². The van der Waals surface area contributed by atoms with Gasteiger partial charge in [-0.15, -0.1) is 0 Å². The number of hydrogen-bond acceptors (Lipinski definition) is 7. The van der Waals surface area contributed by atoms with Crippen molar-refractivity contribution < 1.29 is 28.8 Å². The number of carbonyl (C=O) groups excluding carboxylic acids is 4. The highest BCUT2D eigenvalue weighted by Gasteiger charge is 2.59. The maximum Gasteiger partial charge on any atom is 0.338 e. The van der Waals surface area contributed by atoms with Crippen LogP contribution in [0.25, 0.3) is 0 Å². The summed E-state index contributed by atoms with van der Waals surface area (Å²) in [4.78, 5) is 62.0. The number of rotatable bonds is 6. The second-order valence-corrected chi connectivity index (χ2v) is 8.37. The van der Waals surface area contributed by atoms with Crippen molar-refractivity contribution in [2.75, 3.05) is 11.5 Å². The molecule has 0 N–H and O–H groups in total. The van der Waals surface area contributed by atoms with E-state index >= 15 is 0 Å². The van der Waals surface area contributed by atoms with Gasteiger partial charge in [0.1, 0.15) is 0 Å². The Balaban J connectivity index is 1.27. The zero-order valence-corrected chi connectivity index (χ0v) is 17.2. The Hall–Kier alpha value is -4.14. The fourth-order valence-electron chi connectivity index (χ4n) is 5.00. The van der Waals surface area contributed by atoms with Crippen LogP contribution < -0.4 is 4.90 Å². The molecule has 0 aromatic heterocycles. The van der Waals surface area contributed by atoms with Gasteiger partial charge in [-0.05, 0) is 48.6 Å². The number of allylic oxidation sites excluding steroid dienone is 2. The number of hydrogen-bond donors (Lipinski definition) is 0. The summed E-state index contributed by atoms with van der Waals surface area (Å²) in [5.41, 5.74) is 0.419. The van der Waals surface area contributed by atoms with E-state index in [9.17, 15) is 29.3 Å². The minimum Gasteiger partial charge on any atom is -0.454 e. The molecule has 9 nitrogen and oxygen atoms in total. The quantitative estimate of drug-likeness (QED) is 0.167. The summed E-state index contributed by atoms with van der Waals surface area (Å²) in [7, 11) is 0. The molecule has 1 saturated carbocycles. The van der Waals surface area contributed by atoms with Crippen molar-refractivity contribution in [1.29, 1.82) is 0 Å². The summed E-state index contributed by atoms with van der Waals surface area (Å²) in [6, 6.07) is 11.0. The second-order valence-electron chi connectivity index (χ2n) is 8.37. The number of carbonyl (C=O) groups is 4. The topological polar surface area (TPSA) is 124 Å². The van der Waals surface area contributed by atoms with Gasteiger partial charge in [0.2, 0.25) is 11.8 Å². The van der Waals surface area contributed by atoms with Crippen LogP contribution in [-0.4, -0.2) is 35.1 Å². The monoisotopic (exact) mass is 446 g/mol. The number of esters is 1. The normalized spacial score (nSPS) is 24.8. The van der Waals surface area contributed by atoms with Crippen LogP contribution in [0.4, 0.5) is 11.4 Å². The summed E-state index contributed by atoms with van der Waals surface area (Å²) in [5.74, 6) is -2.32. The Kier molecular flexibility index (Phi) is 4.88. The van der Waals surface area contributed by atoms with E-state index < -0.39 is 23.3 Å². The molecule has 0 radical (unpaired) electrons. The van der Waals surface area contributed by atoms with Gasteiger partial charge in [-0.25, -0.2) is 9.69 Å². The van der Waals surface area contributed by atoms with Crippen molar-refractivity contribution in [2.45, 2.75) is 6.42 Å². The van der Waals surface area contributed by atoms with Gasteiger partial charge in [0.15, 0.2) is 12.4 Å². The number of fused-ring (bicyclic) bond motifs is 5. The Morgan fingerprint density at radius 2 is 1.61 bits per heavy atom. The van der Waals surface area contributed by atoms with Gasteiger partial charge in [0.25, 0.3) is 5.69 Å². The third-order valence-corrected chi connectivity index (χ3v) is 6.54. The molecule has 1 aliphatic heterocycles. The van der Waals surface area contributed by atoms with Crippen molar-refractivity contribution in [3.05, 3.63) is 81.9 Å². The predicted molar refractivity (Wildman–Crippen MR) is 114 cm³/mol. The minimum atomic E-state index is -0.784. The second kappa shape index (κ2) is 7.77. The van der Waals surface area contributed by atoms with Gasteiger partial charge in [0, 0.05) is 17.7 Å². The molecule has 5 rings (SSSR count). The molecule has 2 aromatic carbocycles. The molecule has 2 aromatic rings. The van der Waals surface area contributed by atoms with Crippen molar-refractivity contribution in [2.24, 2.45) is 23.7 Å². The number of amides is 2. The lowest BCUT2D eigenvalue weighted by Gasteiger charge is -2.18. The van der Waals surface area contributed by atoms with Crippen LogP contribution in [0.1, 0.15) is 27.1 Å². The first-order chi connectivity index (χ1) is 15.8. The number of ether oxygens (including phenoxy) is 1. The molecular formula is C24H18N2O7. The highest BCUT2D eigenvalue weighted by Crippen LogP contribution is 2.53. The summed E-state index contributed by atoms with van der Waals surface area (Å²) in [6.45, 7) is -0.554. The first-order valence-corrected chi connectivity index (χ1v) is 10.5. The first kappa shape index (κ1) is 20.7. The van der Waals surface area contributed by atoms with Gasteiger partial charge in [-0.1, -0.05) is 18.2 Å². The summed E-state index contributed by atoms with van der Waals surface area (Å²) >= 11 is 0. The predicted octanol–water partition coefficient (Wildman–Crippen LogP) is 2.95. The Labute approximate surface area is 187 Å². The Morgan fingerprint density at radius 3 is 2.21 bits per heavy atom. The van der Waals surface area contributed by atoms with E-state index in [2.05, 4.69) is 0 Å². The molecule has 33 heavy (non-hydrogen) atoms. The molecule has 0 unspecified atom stereocenters. The molecule has 1 saturated heterocycles. The SMILES string of the molecule is O=C(COC(=O)c1cccc(N2C(=O)[C@@H]3[C@@H](C2=O)[C@H]2C=C[C@@H]3C2)c1)c1ccc([N+](=O)[O-])cc1. The van der Waals surface area contributed by atoms with Crippen LogP contribution in [0.5, 0.6) is 0 Å². The van der Waals surface area contributed by atoms with E-state index in [-0.39, 0.29) is 52.3 Å². The number of benzene rings is 2. The average Bonchev–Trinajstić information content (AvgIpc) is 3.51. The smallest absolute Gasteiger partial charge is 0.338 e. The van der Waals surface area contributed by atoms with E-state index in [0.29, 0.717) is 5.69 Å². The van der Waals surface area contributed by atoms with E-state index in [1.54, 1.807) is 12.1 Å². The molecule has 2 amide bonds. The number of nitrogens with zero attached hydrogens (tertiary/aromatic N) is 2. The molecule has 2 bridgehead atoms. The lowest BCUT2D eigenvalue weighted by atomic mass is 9.85. The van der Waals surface area contributed by atoms with E-state index in [1.165, 1.54) is 36.4 Å². The molecule has 4 atom stereocenters. The van der Waals surface area contributed by atoms with Crippen LogP contribution in [0.3, 0.4) is 0 Å². The van der Waals surface area contributed by atoms with E-state index in [4.69, 9.17) is 4.74 Å². The largest absolute Gasteiger partial charge is 0.454 e. The van der Waals surface area contributed by atoms with Crippen LogP contribution >= 0.6 is 0 Å². The molecule has 3 aliphatic rings. The molecule has 2 aliphatic carbocycles. The Morgan fingerprint density at radius 1 is 0.970 bits per heavy atom. The van der Waals surface area contributed by atoms with Gasteiger partial charge < -0.3 is 4.74 Å². The van der Waals surface area contributed by atoms with Crippen molar-refractivity contribution in [1.82, 2.24) is 0 Å². The van der Waals surface area contributed by atoms with Gasteiger partial charge in [0.05, 0.1) is 28.0 Å². The third kappa shape index (κ3) is 3.42. The average molecular weight is 446 g/mol. The highest BCUT2D eigenvalue weighted by atomic mass is 16.6. The number of nitro groups is 1. The lowest BCUT2D eigenvalue weighted by Crippen LogP contribution is -2.33. The fraction of sp³-hybridized carbons (Fsp3) is 0.250. The molecule has 9 heteroatoms. The zero-order chi connectivity index (χ0) is 23.3. The number of non-ortho nitro benzene ring substituents is 1. The molecule has 2 fully saturated rings. The maximum absolute atomic E-state index is 13.0. The number of anilines is 1. The summed E-state index contributed by atoms with van der Waals surface area (Å²) in [5, 5.41) is 10.7. The zero-order valence-electron chi connectivity index (χ0n) is 17.2. The summed E-state index contributed by atoms with van der Waals surface area (Å²) in [6.07, 6.45) is 4.85. The highest BCUT2D eigenvalue weighted by molar-refractivity contribution is 6.23. The number of nitro benzene ring substituents is 1. The molecule has 166 valence electrons. The number of Topliss-reactive ketones (excluding diaryl/α,β-unsaturated/α-hetero) is 1. The van der Waals surface area contributed by atoms with Crippen LogP contribution in [0.15, 0.2) is 60.7 Å². The number of ketones is 1. The minimum absolute atomic E-state index is 0.0834. The van der Waals surface area contributed by atoms with Crippen LogP contribution in [0, 0.1) is 33.8 Å². The Bertz CT molecular complexity index is 1200. The van der Waals surface area contributed by atoms with Gasteiger partial charge in [-0.3, -0.25) is 24.5 Å². The first-order valence-electron chi connectivity index (χ1n) is 10.5. The van der Waals surface area contributed by atoms with Gasteiger partial charge in [-0.2, -0.15) is 0 Å². The maximum atomic E-state index is 13.0. The lowest BCUT2D eigenvalue weighted by molar-refractivity contribution is -0.384. The fourth-order valence-corrected chi connectivity index (χ4v) is 5.00. The summed E-state index contributed by atoms with van der Waals surface area (Å²) < 4.78 is 5.09.